The van der Waals surface area contributed by atoms with Gasteiger partial charge in [0.15, 0.2) is 0 Å². The van der Waals surface area contributed by atoms with Crippen molar-refractivity contribution in [3.8, 4) is 17.5 Å². The molecule has 0 aliphatic heterocycles. The Morgan fingerprint density at radius 1 is 1.19 bits per heavy atom. The van der Waals surface area contributed by atoms with Gasteiger partial charge in [-0.1, -0.05) is 11.6 Å². The largest absolute Gasteiger partial charge is 0.444 e. The fraction of sp³-hybridized carbons (Fsp3) is 0.105. The molecule has 0 aliphatic rings. The maximum atomic E-state index is 12.0. The number of carbonyl (C=O) groups is 1. The van der Waals surface area contributed by atoms with E-state index in [-0.39, 0.29) is 5.91 Å². The highest BCUT2D eigenvalue weighted by atomic mass is 35.5. The lowest BCUT2D eigenvalue weighted by atomic mass is 10.2. The molecule has 26 heavy (non-hydrogen) atoms. The normalized spacial score (nSPS) is 10.3. The molecule has 0 spiro atoms. The summed E-state index contributed by atoms with van der Waals surface area (Å²) in [5.41, 5.74) is 2.84. The van der Waals surface area contributed by atoms with Crippen LogP contribution in [-0.2, 0) is 10.5 Å². The SMILES string of the molecule is N#Cc1ccc(NC(=O)CSCc2coc(-c3ccc(Cl)cc3)n2)cc1. The van der Waals surface area contributed by atoms with Crippen molar-refractivity contribution in [2.45, 2.75) is 5.75 Å². The van der Waals surface area contributed by atoms with Crippen LogP contribution in [0, 0.1) is 11.3 Å². The Bertz CT molecular complexity index is 931. The van der Waals surface area contributed by atoms with E-state index in [1.165, 1.54) is 11.8 Å². The maximum absolute atomic E-state index is 12.0. The number of oxazole rings is 1. The Labute approximate surface area is 160 Å². The minimum Gasteiger partial charge on any atom is -0.444 e. The average Bonchev–Trinajstić information content (AvgIpc) is 3.12. The van der Waals surface area contributed by atoms with E-state index in [4.69, 9.17) is 21.3 Å². The predicted molar refractivity (Wildman–Crippen MR) is 103 cm³/mol. The Hall–Kier alpha value is -2.75. The van der Waals surface area contributed by atoms with E-state index in [2.05, 4.69) is 10.3 Å². The zero-order valence-corrected chi connectivity index (χ0v) is 15.2. The van der Waals surface area contributed by atoms with Gasteiger partial charge in [0.1, 0.15) is 6.26 Å². The van der Waals surface area contributed by atoms with Gasteiger partial charge in [0.05, 0.1) is 23.1 Å². The van der Waals surface area contributed by atoms with Gasteiger partial charge in [-0.15, -0.1) is 11.8 Å². The first kappa shape index (κ1) is 18.1. The van der Waals surface area contributed by atoms with Crippen LogP contribution in [-0.4, -0.2) is 16.6 Å². The molecule has 2 aromatic carbocycles. The molecule has 3 rings (SSSR count). The fourth-order valence-corrected chi connectivity index (χ4v) is 3.00. The van der Waals surface area contributed by atoms with E-state index >= 15 is 0 Å². The standard InChI is InChI=1S/C19H14ClN3O2S/c20-15-5-3-14(4-6-15)19-23-17(10-25-19)11-26-12-18(24)22-16-7-1-13(9-21)2-8-16/h1-8,10H,11-12H2,(H,22,24). The molecule has 5 nitrogen and oxygen atoms in total. The van der Waals surface area contributed by atoms with E-state index in [1.807, 2.05) is 18.2 Å². The highest BCUT2D eigenvalue weighted by Crippen LogP contribution is 2.22. The minimum absolute atomic E-state index is 0.110. The number of halogens is 1. The molecule has 0 atom stereocenters. The van der Waals surface area contributed by atoms with Crippen molar-refractivity contribution in [1.82, 2.24) is 4.98 Å². The van der Waals surface area contributed by atoms with Gasteiger partial charge in [-0.05, 0) is 48.5 Å². The van der Waals surface area contributed by atoms with Gasteiger partial charge in [-0.25, -0.2) is 4.98 Å². The van der Waals surface area contributed by atoms with E-state index in [0.29, 0.717) is 33.7 Å². The van der Waals surface area contributed by atoms with Crippen molar-refractivity contribution in [3.63, 3.8) is 0 Å². The zero-order chi connectivity index (χ0) is 18.4. The highest BCUT2D eigenvalue weighted by Gasteiger charge is 2.08. The van der Waals surface area contributed by atoms with Crippen LogP contribution in [0.3, 0.4) is 0 Å². The lowest BCUT2D eigenvalue weighted by molar-refractivity contribution is -0.113. The molecule has 130 valence electrons. The third kappa shape index (κ3) is 4.88. The average molecular weight is 384 g/mol. The highest BCUT2D eigenvalue weighted by molar-refractivity contribution is 7.99. The van der Waals surface area contributed by atoms with Crippen molar-refractivity contribution in [2.75, 3.05) is 11.1 Å². The van der Waals surface area contributed by atoms with Gasteiger partial charge < -0.3 is 9.73 Å². The van der Waals surface area contributed by atoms with Crippen molar-refractivity contribution in [2.24, 2.45) is 0 Å². The lowest BCUT2D eigenvalue weighted by Gasteiger charge is -2.04. The number of hydrogen-bond donors (Lipinski definition) is 1. The summed E-state index contributed by atoms with van der Waals surface area (Å²) >= 11 is 7.31. The summed E-state index contributed by atoms with van der Waals surface area (Å²) in [6, 6.07) is 16.0. The van der Waals surface area contributed by atoms with Crippen LogP contribution in [0.5, 0.6) is 0 Å². The topological polar surface area (TPSA) is 78.9 Å². The van der Waals surface area contributed by atoms with Crippen LogP contribution in [0.2, 0.25) is 5.02 Å². The predicted octanol–water partition coefficient (Wildman–Crippen LogP) is 4.74. The molecule has 0 aliphatic carbocycles. The molecule has 0 radical (unpaired) electrons. The first-order valence-corrected chi connectivity index (χ1v) is 9.25. The molecular weight excluding hydrogens is 370 g/mol. The second kappa shape index (κ2) is 8.56. The van der Waals surface area contributed by atoms with Crippen LogP contribution >= 0.6 is 23.4 Å². The number of benzene rings is 2. The van der Waals surface area contributed by atoms with Crippen molar-refractivity contribution in [3.05, 3.63) is 71.1 Å². The second-order valence-corrected chi connectivity index (χ2v) is 6.80. The van der Waals surface area contributed by atoms with Crippen molar-refractivity contribution in [1.29, 1.82) is 5.26 Å². The lowest BCUT2D eigenvalue weighted by Crippen LogP contribution is -2.14. The van der Waals surface area contributed by atoms with E-state index in [0.717, 1.165) is 11.3 Å². The maximum Gasteiger partial charge on any atom is 0.234 e. The molecule has 1 N–H and O–H groups in total. The van der Waals surface area contributed by atoms with E-state index < -0.39 is 0 Å². The molecule has 0 fully saturated rings. The van der Waals surface area contributed by atoms with Gasteiger partial charge in [-0.2, -0.15) is 5.26 Å². The Morgan fingerprint density at radius 3 is 2.62 bits per heavy atom. The number of hydrogen-bond acceptors (Lipinski definition) is 5. The summed E-state index contributed by atoms with van der Waals surface area (Å²) in [5.74, 6) is 1.28. The van der Waals surface area contributed by atoms with Gasteiger partial charge in [0.2, 0.25) is 11.8 Å². The molecule has 3 aromatic rings. The number of nitrogens with one attached hydrogen (secondary N) is 1. The van der Waals surface area contributed by atoms with Gasteiger partial charge >= 0.3 is 0 Å². The fourth-order valence-electron chi connectivity index (χ4n) is 2.17. The molecule has 1 aromatic heterocycles. The van der Waals surface area contributed by atoms with Crippen LogP contribution in [0.15, 0.2) is 59.2 Å². The molecule has 0 saturated carbocycles. The van der Waals surface area contributed by atoms with Crippen LogP contribution in [0.4, 0.5) is 5.69 Å². The first-order chi connectivity index (χ1) is 12.6. The second-order valence-electron chi connectivity index (χ2n) is 5.38. The number of nitrogens with zero attached hydrogens (tertiary/aromatic N) is 2. The molecule has 0 bridgehead atoms. The molecular formula is C19H14ClN3O2S. The van der Waals surface area contributed by atoms with E-state index in [1.54, 1.807) is 42.7 Å². The summed E-state index contributed by atoms with van der Waals surface area (Å²) in [6.07, 6.45) is 1.59. The Balaban J connectivity index is 1.48. The molecule has 0 saturated heterocycles. The molecule has 7 heteroatoms. The minimum atomic E-state index is -0.110. The number of nitriles is 1. The Kier molecular flexibility index (Phi) is 5.95. The molecule has 1 amide bonds. The van der Waals surface area contributed by atoms with Crippen LogP contribution in [0.25, 0.3) is 11.5 Å². The van der Waals surface area contributed by atoms with Crippen molar-refractivity contribution >= 4 is 35.0 Å². The summed E-state index contributed by atoms with van der Waals surface area (Å²) in [4.78, 5) is 16.4. The quantitative estimate of drug-likeness (QED) is 0.665. The number of aromatic nitrogens is 1. The van der Waals surface area contributed by atoms with Crippen LogP contribution in [0.1, 0.15) is 11.3 Å². The smallest absolute Gasteiger partial charge is 0.234 e. The summed E-state index contributed by atoms with van der Waals surface area (Å²) in [5, 5.41) is 12.2. The number of amides is 1. The third-order valence-corrected chi connectivity index (χ3v) is 4.64. The number of thioether (sulfide) groups is 1. The zero-order valence-electron chi connectivity index (χ0n) is 13.6. The number of carbonyl (C=O) groups excluding carboxylic acids is 1. The summed E-state index contributed by atoms with van der Waals surface area (Å²) in [6.45, 7) is 0. The molecule has 1 heterocycles. The summed E-state index contributed by atoms with van der Waals surface area (Å²) < 4.78 is 5.47. The number of anilines is 1. The monoisotopic (exact) mass is 383 g/mol. The van der Waals surface area contributed by atoms with Gasteiger partial charge in [0, 0.05) is 22.0 Å². The van der Waals surface area contributed by atoms with Gasteiger partial charge in [0.25, 0.3) is 0 Å². The summed E-state index contributed by atoms with van der Waals surface area (Å²) in [7, 11) is 0. The van der Waals surface area contributed by atoms with Crippen molar-refractivity contribution < 1.29 is 9.21 Å². The van der Waals surface area contributed by atoms with Crippen LogP contribution < -0.4 is 5.32 Å². The first-order valence-electron chi connectivity index (χ1n) is 7.72. The Morgan fingerprint density at radius 2 is 1.92 bits per heavy atom. The molecule has 0 unspecified atom stereocenters. The van der Waals surface area contributed by atoms with E-state index in [9.17, 15) is 4.79 Å². The van der Waals surface area contributed by atoms with Gasteiger partial charge in [-0.3, -0.25) is 4.79 Å². The number of rotatable bonds is 6. The third-order valence-electron chi connectivity index (χ3n) is 3.42.